The molecule has 0 heterocycles. The van der Waals surface area contributed by atoms with Gasteiger partial charge in [-0.1, -0.05) is 254 Å². The predicted molar refractivity (Wildman–Crippen MR) is 298 cm³/mol. The predicted octanol–water partition coefficient (Wildman–Crippen LogP) is 19.8. The number of carbonyl (C=O) groups excluding carboxylic acids is 3. The highest BCUT2D eigenvalue weighted by Gasteiger charge is 2.19. The maximum absolute atomic E-state index is 12.9. The summed E-state index contributed by atoms with van der Waals surface area (Å²) in [4.78, 5) is 38.2. The third kappa shape index (κ3) is 55.6. The number of hydrogen-bond acceptors (Lipinski definition) is 6. The molecule has 0 spiro atoms. The van der Waals surface area contributed by atoms with Crippen molar-refractivity contribution in [3.8, 4) is 0 Å². The van der Waals surface area contributed by atoms with Gasteiger partial charge < -0.3 is 14.2 Å². The molecule has 0 radical (unpaired) electrons. The first-order chi connectivity index (χ1) is 34.0. The van der Waals surface area contributed by atoms with E-state index in [0.29, 0.717) is 19.3 Å². The average Bonchev–Trinajstić information content (AvgIpc) is 3.35. The van der Waals surface area contributed by atoms with Crippen LogP contribution in [0.1, 0.15) is 290 Å². The Morgan fingerprint density at radius 1 is 0.304 bits per heavy atom. The lowest BCUT2D eigenvalue weighted by atomic mass is 10.0. The van der Waals surface area contributed by atoms with Crippen LogP contribution in [0, 0.1) is 0 Å². The zero-order valence-electron chi connectivity index (χ0n) is 45.6. The van der Waals surface area contributed by atoms with Gasteiger partial charge in [0.15, 0.2) is 6.10 Å². The molecule has 0 fully saturated rings. The highest BCUT2D eigenvalue weighted by atomic mass is 16.6. The van der Waals surface area contributed by atoms with Crippen LogP contribution in [0.15, 0.2) is 72.9 Å². The summed E-state index contributed by atoms with van der Waals surface area (Å²) in [5.74, 6) is -0.924. The third-order valence-electron chi connectivity index (χ3n) is 12.7. The molecule has 0 saturated heterocycles. The monoisotopic (exact) mass is 963 g/mol. The van der Waals surface area contributed by atoms with Gasteiger partial charge in [0.1, 0.15) is 13.2 Å². The molecule has 0 amide bonds. The molecule has 398 valence electrons. The van der Waals surface area contributed by atoms with Gasteiger partial charge in [-0.2, -0.15) is 0 Å². The van der Waals surface area contributed by atoms with E-state index >= 15 is 0 Å². The quantitative estimate of drug-likeness (QED) is 0.0262. The van der Waals surface area contributed by atoms with Crippen molar-refractivity contribution in [1.82, 2.24) is 0 Å². The van der Waals surface area contributed by atoms with E-state index in [4.69, 9.17) is 14.2 Å². The fourth-order valence-corrected chi connectivity index (χ4v) is 8.29. The molecule has 0 aromatic carbocycles. The maximum Gasteiger partial charge on any atom is 0.306 e. The lowest BCUT2D eigenvalue weighted by Crippen LogP contribution is -2.30. The zero-order valence-corrected chi connectivity index (χ0v) is 45.6. The first kappa shape index (κ1) is 65.8. The van der Waals surface area contributed by atoms with E-state index in [9.17, 15) is 14.4 Å². The van der Waals surface area contributed by atoms with Crippen molar-refractivity contribution in [3.63, 3.8) is 0 Å². The van der Waals surface area contributed by atoms with Gasteiger partial charge in [-0.15, -0.1) is 0 Å². The molecular weight excluding hydrogens is 853 g/mol. The van der Waals surface area contributed by atoms with Crippen molar-refractivity contribution in [1.29, 1.82) is 0 Å². The summed E-state index contributed by atoms with van der Waals surface area (Å²) in [7, 11) is 0. The molecule has 0 aromatic heterocycles. The topological polar surface area (TPSA) is 78.9 Å². The summed E-state index contributed by atoms with van der Waals surface area (Å²) < 4.78 is 16.9. The molecule has 0 aromatic rings. The second kappa shape index (κ2) is 57.4. The number of carbonyl (C=O) groups is 3. The molecule has 0 aliphatic rings. The van der Waals surface area contributed by atoms with Crippen molar-refractivity contribution < 1.29 is 28.6 Å². The van der Waals surface area contributed by atoms with Gasteiger partial charge in [-0.25, -0.2) is 0 Å². The fraction of sp³-hybridized carbons (Fsp3) is 0.762. The smallest absolute Gasteiger partial charge is 0.306 e. The number of unbranched alkanes of at least 4 members (excludes halogenated alkanes) is 30. The number of esters is 3. The standard InChI is InChI=1S/C63H110O6/c1-4-7-10-13-16-19-22-25-28-30-31-33-35-38-41-44-47-50-53-56-62(65)68-59-60(58-67-61(64)55-52-49-46-43-40-37-34-27-24-21-18-15-12-9-6-3)69-63(66)57-54-51-48-45-42-39-36-32-29-26-23-20-17-14-11-8-5-2/h9,12,16,18-19,21,25,27-28,34,40,43,60H,4-8,10-11,13-15,17,20,22-24,26,29-33,35-39,41-42,44-59H2,1-3H3/b12-9-,19-16-,21-18-,28-25-,34-27-,43-40-. The van der Waals surface area contributed by atoms with E-state index in [1.807, 2.05) is 0 Å². The van der Waals surface area contributed by atoms with Gasteiger partial charge in [-0.3, -0.25) is 14.4 Å². The van der Waals surface area contributed by atoms with Gasteiger partial charge >= 0.3 is 17.9 Å². The Kier molecular flexibility index (Phi) is 54.8. The number of hydrogen-bond donors (Lipinski definition) is 0. The minimum atomic E-state index is -0.793. The first-order valence-electron chi connectivity index (χ1n) is 29.4. The normalized spacial score (nSPS) is 12.6. The number of ether oxygens (including phenoxy) is 3. The van der Waals surface area contributed by atoms with Crippen molar-refractivity contribution >= 4 is 17.9 Å². The Labute approximate surface area is 427 Å². The second-order valence-corrected chi connectivity index (χ2v) is 19.5. The van der Waals surface area contributed by atoms with Gasteiger partial charge in [0.05, 0.1) is 0 Å². The minimum Gasteiger partial charge on any atom is -0.462 e. The van der Waals surface area contributed by atoms with E-state index in [1.54, 1.807) is 0 Å². The van der Waals surface area contributed by atoms with E-state index < -0.39 is 6.10 Å². The Balaban J connectivity index is 4.41. The maximum atomic E-state index is 12.9. The van der Waals surface area contributed by atoms with Crippen molar-refractivity contribution in [2.75, 3.05) is 13.2 Å². The molecule has 0 rings (SSSR count). The SMILES string of the molecule is CC/C=C\C/C=C\C/C=C\C/C=C\CCCCC(=O)OCC(COC(=O)CCCCCCCCCCC/C=C\C/C=C\CCCCC)OC(=O)CCCCCCCCCCCCCCCCCCC. The fourth-order valence-electron chi connectivity index (χ4n) is 8.29. The molecule has 0 N–H and O–H groups in total. The summed E-state index contributed by atoms with van der Waals surface area (Å²) in [6.45, 7) is 6.49. The molecule has 0 aliphatic heterocycles. The van der Waals surface area contributed by atoms with Crippen LogP contribution in [0.3, 0.4) is 0 Å². The van der Waals surface area contributed by atoms with Crippen LogP contribution in [0.25, 0.3) is 0 Å². The summed E-state index contributed by atoms with van der Waals surface area (Å²) >= 11 is 0. The molecule has 1 unspecified atom stereocenters. The van der Waals surface area contributed by atoms with Gasteiger partial charge in [0.2, 0.25) is 0 Å². The number of rotatable bonds is 53. The molecule has 0 bridgehead atoms. The van der Waals surface area contributed by atoms with Crippen LogP contribution in [0.4, 0.5) is 0 Å². The van der Waals surface area contributed by atoms with Gasteiger partial charge in [0, 0.05) is 19.3 Å². The molecule has 0 aliphatic carbocycles. The molecule has 69 heavy (non-hydrogen) atoms. The Morgan fingerprint density at radius 2 is 0.565 bits per heavy atom. The van der Waals surface area contributed by atoms with Crippen molar-refractivity contribution in [2.24, 2.45) is 0 Å². The van der Waals surface area contributed by atoms with E-state index in [1.165, 1.54) is 161 Å². The van der Waals surface area contributed by atoms with E-state index in [0.717, 1.165) is 89.9 Å². The summed E-state index contributed by atoms with van der Waals surface area (Å²) in [6, 6.07) is 0. The summed E-state index contributed by atoms with van der Waals surface area (Å²) in [5.41, 5.74) is 0. The zero-order chi connectivity index (χ0) is 50.0. The minimum absolute atomic E-state index is 0.0886. The van der Waals surface area contributed by atoms with Crippen LogP contribution in [-0.4, -0.2) is 37.2 Å². The highest BCUT2D eigenvalue weighted by molar-refractivity contribution is 5.71. The van der Waals surface area contributed by atoms with Gasteiger partial charge in [-0.05, 0) is 89.9 Å². The number of allylic oxidation sites excluding steroid dienone is 12. The van der Waals surface area contributed by atoms with Gasteiger partial charge in [0.25, 0.3) is 0 Å². The Morgan fingerprint density at radius 3 is 0.942 bits per heavy atom. The van der Waals surface area contributed by atoms with Crippen molar-refractivity contribution in [3.05, 3.63) is 72.9 Å². The van der Waals surface area contributed by atoms with Crippen LogP contribution in [0.2, 0.25) is 0 Å². The largest absolute Gasteiger partial charge is 0.462 e. The molecule has 1 atom stereocenters. The van der Waals surface area contributed by atoms with E-state index in [-0.39, 0.29) is 31.1 Å². The van der Waals surface area contributed by atoms with Crippen molar-refractivity contribution in [2.45, 2.75) is 297 Å². The molecular formula is C63H110O6. The average molecular weight is 964 g/mol. The highest BCUT2D eigenvalue weighted by Crippen LogP contribution is 2.16. The van der Waals surface area contributed by atoms with E-state index in [2.05, 4.69) is 93.7 Å². The summed E-state index contributed by atoms with van der Waals surface area (Å²) in [5, 5.41) is 0. The molecule has 0 saturated carbocycles. The van der Waals surface area contributed by atoms with Crippen LogP contribution in [-0.2, 0) is 28.6 Å². The lowest BCUT2D eigenvalue weighted by molar-refractivity contribution is -0.167. The van der Waals surface area contributed by atoms with Crippen LogP contribution >= 0.6 is 0 Å². The lowest BCUT2D eigenvalue weighted by Gasteiger charge is -2.18. The third-order valence-corrected chi connectivity index (χ3v) is 12.7. The Hall–Kier alpha value is -3.15. The summed E-state index contributed by atoms with van der Waals surface area (Å²) in [6.07, 6.45) is 73.2. The Bertz CT molecular complexity index is 1290. The second-order valence-electron chi connectivity index (χ2n) is 19.5. The van der Waals surface area contributed by atoms with Crippen LogP contribution < -0.4 is 0 Å². The first-order valence-corrected chi connectivity index (χ1v) is 29.4. The molecule has 6 nitrogen and oxygen atoms in total. The van der Waals surface area contributed by atoms with Crippen LogP contribution in [0.5, 0.6) is 0 Å². The molecule has 6 heteroatoms.